The smallest absolute Gasteiger partial charge is 0.308 e. The van der Waals surface area contributed by atoms with Gasteiger partial charge in [0.15, 0.2) is 0 Å². The van der Waals surface area contributed by atoms with E-state index in [0.717, 1.165) is 20.9 Å². The number of hydrogen-bond donors (Lipinski definition) is 2. The Morgan fingerprint density at radius 1 is 1.37 bits per heavy atom. The number of carbonyl (C=O) groups excluding carboxylic acids is 1. The first-order valence-electron chi connectivity index (χ1n) is 5.98. The Bertz CT molecular complexity index is 521. The minimum Gasteiger partial charge on any atom is -0.481 e. The quantitative estimate of drug-likeness (QED) is 0.714. The van der Waals surface area contributed by atoms with E-state index in [0.29, 0.717) is 12.0 Å². The average Bonchev–Trinajstić information content (AvgIpc) is 2.80. The molecule has 6 heteroatoms. The topological polar surface area (TPSA) is 66.4 Å². The van der Waals surface area contributed by atoms with Crippen LogP contribution in [0, 0.1) is 9.49 Å². The lowest BCUT2D eigenvalue weighted by Crippen LogP contribution is -2.40. The zero-order valence-corrected chi connectivity index (χ0v) is 13.8. The van der Waals surface area contributed by atoms with E-state index in [1.807, 2.05) is 12.1 Å². The van der Waals surface area contributed by atoms with Crippen LogP contribution in [0.4, 0.5) is 0 Å². The molecule has 1 aliphatic rings. The Balaban J connectivity index is 2.12. The second-order valence-corrected chi connectivity index (χ2v) is 6.66. The Morgan fingerprint density at radius 3 is 2.79 bits per heavy atom. The number of benzene rings is 1. The maximum Gasteiger partial charge on any atom is 0.308 e. The molecule has 2 rings (SSSR count). The van der Waals surface area contributed by atoms with Gasteiger partial charge < -0.3 is 10.4 Å². The summed E-state index contributed by atoms with van der Waals surface area (Å²) in [6.07, 6.45) is 2.21. The molecule has 1 aliphatic carbocycles. The number of halogens is 2. The first-order chi connectivity index (χ1) is 8.99. The fourth-order valence-corrected chi connectivity index (χ4v) is 3.29. The van der Waals surface area contributed by atoms with Gasteiger partial charge in [-0.25, -0.2) is 0 Å². The maximum atomic E-state index is 12.2. The zero-order valence-electron chi connectivity index (χ0n) is 10.0. The highest BCUT2D eigenvalue weighted by Gasteiger charge is 2.34. The highest BCUT2D eigenvalue weighted by Crippen LogP contribution is 2.26. The third-order valence-corrected chi connectivity index (χ3v) is 4.76. The molecule has 0 saturated heterocycles. The third-order valence-electron chi connectivity index (χ3n) is 3.32. The molecule has 0 aliphatic heterocycles. The lowest BCUT2D eigenvalue weighted by molar-refractivity contribution is -0.142. The largest absolute Gasteiger partial charge is 0.481 e. The minimum absolute atomic E-state index is 0.205. The molecule has 19 heavy (non-hydrogen) atoms. The SMILES string of the molecule is O=C(NC1CCCC1C(=O)O)c1cc(Br)ccc1I. The summed E-state index contributed by atoms with van der Waals surface area (Å²) in [5.41, 5.74) is 0.575. The molecule has 2 atom stereocenters. The van der Waals surface area contributed by atoms with E-state index in [2.05, 4.69) is 43.8 Å². The van der Waals surface area contributed by atoms with Crippen LogP contribution in [-0.4, -0.2) is 23.0 Å². The lowest BCUT2D eigenvalue weighted by atomic mass is 10.0. The van der Waals surface area contributed by atoms with Crippen LogP contribution in [0.15, 0.2) is 22.7 Å². The fraction of sp³-hybridized carbons (Fsp3) is 0.385. The van der Waals surface area contributed by atoms with Gasteiger partial charge >= 0.3 is 5.97 Å². The Morgan fingerprint density at radius 2 is 2.11 bits per heavy atom. The molecular weight excluding hydrogens is 425 g/mol. The second kappa shape index (κ2) is 6.21. The first kappa shape index (κ1) is 14.8. The van der Waals surface area contributed by atoms with E-state index < -0.39 is 11.9 Å². The lowest BCUT2D eigenvalue weighted by Gasteiger charge is -2.18. The van der Waals surface area contributed by atoms with Crippen LogP contribution in [-0.2, 0) is 4.79 Å². The van der Waals surface area contributed by atoms with Gasteiger partial charge in [-0.1, -0.05) is 22.4 Å². The molecule has 4 nitrogen and oxygen atoms in total. The van der Waals surface area contributed by atoms with E-state index in [4.69, 9.17) is 5.11 Å². The average molecular weight is 438 g/mol. The van der Waals surface area contributed by atoms with Gasteiger partial charge in [0, 0.05) is 14.1 Å². The summed E-state index contributed by atoms with van der Waals surface area (Å²) in [5, 5.41) is 12.0. The molecule has 1 fully saturated rings. The third kappa shape index (κ3) is 3.47. The monoisotopic (exact) mass is 437 g/mol. The van der Waals surface area contributed by atoms with Gasteiger partial charge in [0.25, 0.3) is 5.91 Å². The van der Waals surface area contributed by atoms with Crippen molar-refractivity contribution in [1.82, 2.24) is 5.32 Å². The molecule has 2 unspecified atom stereocenters. The van der Waals surface area contributed by atoms with Crippen LogP contribution in [0.1, 0.15) is 29.6 Å². The van der Waals surface area contributed by atoms with E-state index >= 15 is 0 Å². The molecular formula is C13H13BrINO3. The van der Waals surface area contributed by atoms with Gasteiger partial charge in [-0.2, -0.15) is 0 Å². The molecule has 1 amide bonds. The molecule has 0 radical (unpaired) electrons. The fourth-order valence-electron chi connectivity index (χ4n) is 2.35. The number of carboxylic acid groups (broad SMARTS) is 1. The molecule has 1 aromatic carbocycles. The molecule has 1 saturated carbocycles. The van der Waals surface area contributed by atoms with Gasteiger partial charge in [-0.05, 0) is 53.6 Å². The Labute approximate surface area is 133 Å². The van der Waals surface area contributed by atoms with Crippen LogP contribution < -0.4 is 5.32 Å². The summed E-state index contributed by atoms with van der Waals surface area (Å²) in [7, 11) is 0. The number of hydrogen-bond acceptors (Lipinski definition) is 2. The highest BCUT2D eigenvalue weighted by atomic mass is 127. The van der Waals surface area contributed by atoms with E-state index in [1.165, 1.54) is 0 Å². The summed E-state index contributed by atoms with van der Waals surface area (Å²) >= 11 is 5.43. The number of nitrogens with one attached hydrogen (secondary N) is 1. The number of carbonyl (C=O) groups is 2. The highest BCUT2D eigenvalue weighted by molar-refractivity contribution is 14.1. The van der Waals surface area contributed by atoms with E-state index in [-0.39, 0.29) is 11.9 Å². The first-order valence-corrected chi connectivity index (χ1v) is 7.85. The molecule has 102 valence electrons. The van der Waals surface area contributed by atoms with Gasteiger partial charge in [-0.3, -0.25) is 9.59 Å². The van der Waals surface area contributed by atoms with Crippen LogP contribution in [0.2, 0.25) is 0 Å². The summed E-state index contributed by atoms with van der Waals surface area (Å²) < 4.78 is 1.68. The van der Waals surface area contributed by atoms with E-state index in [1.54, 1.807) is 6.07 Å². The predicted octanol–water partition coefficient (Wildman–Crippen LogP) is 3.04. The van der Waals surface area contributed by atoms with Crippen molar-refractivity contribution in [2.24, 2.45) is 5.92 Å². The summed E-state index contributed by atoms with van der Waals surface area (Å²) in [5.74, 6) is -1.50. The molecule has 0 aromatic heterocycles. The van der Waals surface area contributed by atoms with Crippen LogP contribution in [0.25, 0.3) is 0 Å². The summed E-state index contributed by atoms with van der Waals surface area (Å²) in [6.45, 7) is 0. The normalized spacial score (nSPS) is 22.2. The predicted molar refractivity (Wildman–Crippen MR) is 83.1 cm³/mol. The van der Waals surface area contributed by atoms with Crippen LogP contribution in [0.3, 0.4) is 0 Å². The Kier molecular flexibility index (Phi) is 4.83. The van der Waals surface area contributed by atoms with Crippen molar-refractivity contribution >= 4 is 50.4 Å². The molecule has 2 N–H and O–H groups in total. The zero-order chi connectivity index (χ0) is 14.0. The maximum absolute atomic E-state index is 12.2. The molecule has 1 aromatic rings. The molecule has 0 spiro atoms. The standard InChI is InChI=1S/C13H13BrINO3/c14-7-4-5-10(15)9(6-7)12(17)16-11-3-1-2-8(11)13(18)19/h4-6,8,11H,1-3H2,(H,16,17)(H,18,19). The summed E-state index contributed by atoms with van der Waals surface area (Å²) in [4.78, 5) is 23.3. The minimum atomic E-state index is -0.827. The van der Waals surface area contributed by atoms with Crippen molar-refractivity contribution in [3.05, 3.63) is 31.8 Å². The number of carboxylic acids is 1. The van der Waals surface area contributed by atoms with Gasteiger partial charge in [-0.15, -0.1) is 0 Å². The number of rotatable bonds is 3. The van der Waals surface area contributed by atoms with Crippen molar-refractivity contribution in [3.63, 3.8) is 0 Å². The van der Waals surface area contributed by atoms with Crippen molar-refractivity contribution in [2.45, 2.75) is 25.3 Å². The van der Waals surface area contributed by atoms with Crippen LogP contribution in [0.5, 0.6) is 0 Å². The van der Waals surface area contributed by atoms with Crippen LogP contribution >= 0.6 is 38.5 Å². The Hall–Kier alpha value is -0.630. The van der Waals surface area contributed by atoms with Crippen molar-refractivity contribution in [3.8, 4) is 0 Å². The van der Waals surface area contributed by atoms with Gasteiger partial charge in [0.2, 0.25) is 0 Å². The molecule has 0 heterocycles. The van der Waals surface area contributed by atoms with Gasteiger partial charge in [0.1, 0.15) is 0 Å². The van der Waals surface area contributed by atoms with Crippen molar-refractivity contribution in [1.29, 1.82) is 0 Å². The van der Waals surface area contributed by atoms with E-state index in [9.17, 15) is 9.59 Å². The van der Waals surface area contributed by atoms with Gasteiger partial charge in [0.05, 0.1) is 11.5 Å². The summed E-state index contributed by atoms with van der Waals surface area (Å²) in [6, 6.07) is 5.21. The number of amides is 1. The van der Waals surface area contributed by atoms with Crippen molar-refractivity contribution < 1.29 is 14.7 Å². The van der Waals surface area contributed by atoms with Crippen molar-refractivity contribution in [2.75, 3.05) is 0 Å². The molecule has 0 bridgehead atoms. The number of aliphatic carboxylic acids is 1. The second-order valence-electron chi connectivity index (χ2n) is 4.58.